The quantitative estimate of drug-likeness (QED) is 0.662. The summed E-state index contributed by atoms with van der Waals surface area (Å²) in [4.78, 5) is 0. The maximum Gasteiger partial charge on any atom is 0.707 e. The van der Waals surface area contributed by atoms with Crippen molar-refractivity contribution in [2.24, 2.45) is 0 Å². The zero-order chi connectivity index (χ0) is 15.3. The van der Waals surface area contributed by atoms with Crippen LogP contribution in [0.2, 0.25) is 0 Å². The summed E-state index contributed by atoms with van der Waals surface area (Å²) < 4.78 is 41.5. The SMILES string of the molecule is [2H]c1c([2H])c([2H])c2c(oc3cccc(OB(O)O)c32)c1[2H]. The van der Waals surface area contributed by atoms with Crippen LogP contribution in [0, 0.1) is 0 Å². The Kier molecular flexibility index (Phi) is 1.49. The van der Waals surface area contributed by atoms with Crippen LogP contribution in [-0.2, 0) is 0 Å². The fourth-order valence-corrected chi connectivity index (χ4v) is 1.72. The topological polar surface area (TPSA) is 62.8 Å². The van der Waals surface area contributed by atoms with E-state index in [-0.39, 0.29) is 39.8 Å². The maximum atomic E-state index is 8.95. The van der Waals surface area contributed by atoms with Gasteiger partial charge in [-0.25, -0.2) is 0 Å². The van der Waals surface area contributed by atoms with Gasteiger partial charge in [-0.2, -0.15) is 0 Å². The third-order valence-corrected chi connectivity index (χ3v) is 2.34. The van der Waals surface area contributed by atoms with Gasteiger partial charge in [0.15, 0.2) is 0 Å². The number of benzene rings is 2. The molecule has 1 heterocycles. The van der Waals surface area contributed by atoms with Gasteiger partial charge in [-0.3, -0.25) is 0 Å². The summed E-state index contributed by atoms with van der Waals surface area (Å²) in [5.41, 5.74) is 0.273. The second-order valence-corrected chi connectivity index (χ2v) is 3.38. The lowest BCUT2D eigenvalue weighted by Crippen LogP contribution is -2.20. The average molecular weight is 232 g/mol. The molecule has 0 saturated carbocycles. The molecule has 0 bridgehead atoms. The third kappa shape index (κ3) is 1.65. The van der Waals surface area contributed by atoms with Gasteiger partial charge < -0.3 is 19.1 Å². The Morgan fingerprint density at radius 2 is 2.00 bits per heavy atom. The summed E-state index contributed by atoms with van der Waals surface area (Å²) in [6.07, 6.45) is 0. The van der Waals surface area contributed by atoms with E-state index in [1.165, 1.54) is 6.07 Å². The van der Waals surface area contributed by atoms with Gasteiger partial charge in [0.2, 0.25) is 0 Å². The molecular formula is C12H9BO4. The zero-order valence-electron chi connectivity index (χ0n) is 12.5. The molecule has 0 aliphatic heterocycles. The van der Waals surface area contributed by atoms with E-state index >= 15 is 0 Å². The molecule has 0 unspecified atom stereocenters. The molecule has 4 nitrogen and oxygen atoms in total. The van der Waals surface area contributed by atoms with Crippen LogP contribution >= 0.6 is 0 Å². The molecule has 2 N–H and O–H groups in total. The Balaban J connectivity index is 2.50. The zero-order valence-corrected chi connectivity index (χ0v) is 8.52. The van der Waals surface area contributed by atoms with E-state index in [1.54, 1.807) is 12.1 Å². The predicted molar refractivity (Wildman–Crippen MR) is 64.5 cm³/mol. The highest BCUT2D eigenvalue weighted by molar-refractivity contribution is 6.34. The minimum absolute atomic E-state index is 0.000482. The highest BCUT2D eigenvalue weighted by Gasteiger charge is 2.16. The maximum absolute atomic E-state index is 8.95. The minimum atomic E-state index is -2.05. The first-order valence-electron chi connectivity index (χ1n) is 6.86. The standard InChI is InChI=1S/C12H9BO4/c14-13(15)17-11-7-3-6-10-12(11)8-4-1-2-5-9(8)16-10/h1-7,14-15H/i1D,2D,4D,5D. The highest BCUT2D eigenvalue weighted by Crippen LogP contribution is 2.35. The lowest BCUT2D eigenvalue weighted by molar-refractivity contribution is 0.289. The Morgan fingerprint density at radius 1 is 1.18 bits per heavy atom. The lowest BCUT2D eigenvalue weighted by Gasteiger charge is -2.05. The molecule has 5 heteroatoms. The first-order valence-corrected chi connectivity index (χ1v) is 4.86. The van der Waals surface area contributed by atoms with Crippen LogP contribution in [0.3, 0.4) is 0 Å². The molecule has 0 saturated heterocycles. The van der Waals surface area contributed by atoms with E-state index in [1.807, 2.05) is 0 Å². The van der Waals surface area contributed by atoms with Crippen LogP contribution in [0.5, 0.6) is 5.75 Å². The molecule has 0 fully saturated rings. The number of hydrogen-bond acceptors (Lipinski definition) is 4. The Morgan fingerprint density at radius 3 is 2.82 bits per heavy atom. The van der Waals surface area contributed by atoms with E-state index in [0.717, 1.165) is 0 Å². The molecule has 0 aliphatic rings. The fraction of sp³-hybridized carbons (Fsp3) is 0. The predicted octanol–water partition coefficient (Wildman–Crippen LogP) is 1.93. The molecular weight excluding hydrogens is 219 g/mol. The number of para-hydroxylation sites is 1. The molecule has 3 rings (SSSR count). The monoisotopic (exact) mass is 232 g/mol. The number of hydrogen-bond donors (Lipinski definition) is 2. The van der Waals surface area contributed by atoms with Gasteiger partial charge in [-0.15, -0.1) is 0 Å². The summed E-state index contributed by atoms with van der Waals surface area (Å²) in [6.45, 7) is 0. The van der Waals surface area contributed by atoms with E-state index in [9.17, 15) is 0 Å². The van der Waals surface area contributed by atoms with Crippen molar-refractivity contribution in [2.75, 3.05) is 0 Å². The van der Waals surface area contributed by atoms with E-state index in [4.69, 9.17) is 24.6 Å². The van der Waals surface area contributed by atoms with Crippen LogP contribution in [0.25, 0.3) is 21.9 Å². The Hall–Kier alpha value is -1.98. The van der Waals surface area contributed by atoms with Crippen molar-refractivity contribution in [3.63, 3.8) is 0 Å². The molecule has 84 valence electrons. The number of furan rings is 1. The van der Waals surface area contributed by atoms with Crippen molar-refractivity contribution in [3.8, 4) is 5.75 Å². The molecule has 0 amide bonds. The van der Waals surface area contributed by atoms with Crippen molar-refractivity contribution in [1.82, 2.24) is 0 Å². The fourth-order valence-electron chi connectivity index (χ4n) is 1.72. The van der Waals surface area contributed by atoms with Crippen molar-refractivity contribution in [3.05, 3.63) is 42.4 Å². The van der Waals surface area contributed by atoms with Crippen molar-refractivity contribution >= 4 is 29.3 Å². The normalized spacial score (nSPS) is 14.2. The summed E-state index contributed by atoms with van der Waals surface area (Å²) in [7, 11) is -2.05. The van der Waals surface area contributed by atoms with Gasteiger partial charge in [0.25, 0.3) is 0 Å². The summed E-state index contributed by atoms with van der Waals surface area (Å²) in [5, 5.41) is 18.3. The Labute approximate surface area is 103 Å². The molecule has 0 atom stereocenters. The third-order valence-electron chi connectivity index (χ3n) is 2.34. The van der Waals surface area contributed by atoms with E-state index in [0.29, 0.717) is 0 Å². The van der Waals surface area contributed by atoms with Crippen LogP contribution in [-0.4, -0.2) is 17.4 Å². The Bertz CT molecular complexity index is 862. The molecule has 0 radical (unpaired) electrons. The molecule has 17 heavy (non-hydrogen) atoms. The second-order valence-electron chi connectivity index (χ2n) is 3.38. The minimum Gasteiger partial charge on any atom is -0.511 e. The smallest absolute Gasteiger partial charge is 0.511 e. The van der Waals surface area contributed by atoms with Crippen LogP contribution in [0.15, 0.2) is 46.8 Å². The van der Waals surface area contributed by atoms with E-state index in [2.05, 4.69) is 0 Å². The average Bonchev–Trinajstić information content (AvgIpc) is 2.83. The molecule has 3 aromatic rings. The summed E-state index contributed by atoms with van der Waals surface area (Å²) >= 11 is 0. The van der Waals surface area contributed by atoms with Crippen molar-refractivity contribution < 1.29 is 24.6 Å². The number of fused-ring (bicyclic) bond motifs is 3. The molecule has 2 aromatic carbocycles. The lowest BCUT2D eigenvalue weighted by atomic mass is 10.1. The largest absolute Gasteiger partial charge is 0.707 e. The number of rotatable bonds is 2. The van der Waals surface area contributed by atoms with Gasteiger partial charge in [0, 0.05) is 5.39 Å². The van der Waals surface area contributed by atoms with Crippen LogP contribution in [0.1, 0.15) is 5.48 Å². The first-order chi connectivity index (χ1) is 9.91. The van der Waals surface area contributed by atoms with E-state index < -0.39 is 19.4 Å². The highest BCUT2D eigenvalue weighted by atomic mass is 16.6. The summed E-state index contributed by atoms with van der Waals surface area (Å²) in [6, 6.07) is 3.23. The summed E-state index contributed by atoms with van der Waals surface area (Å²) in [5.74, 6) is 0.0614. The van der Waals surface area contributed by atoms with Crippen molar-refractivity contribution in [2.45, 2.75) is 0 Å². The van der Waals surface area contributed by atoms with Gasteiger partial charge in [-0.1, -0.05) is 24.2 Å². The van der Waals surface area contributed by atoms with Gasteiger partial charge >= 0.3 is 7.32 Å². The first kappa shape index (κ1) is 6.69. The van der Waals surface area contributed by atoms with Gasteiger partial charge in [-0.05, 0) is 18.2 Å². The van der Waals surface area contributed by atoms with Gasteiger partial charge in [0.05, 0.1) is 10.9 Å². The van der Waals surface area contributed by atoms with Crippen LogP contribution in [0.4, 0.5) is 0 Å². The van der Waals surface area contributed by atoms with Gasteiger partial charge in [0.1, 0.15) is 16.9 Å². The molecule has 0 spiro atoms. The second kappa shape index (κ2) is 3.80. The van der Waals surface area contributed by atoms with Crippen molar-refractivity contribution in [1.29, 1.82) is 0 Å². The molecule has 0 aliphatic carbocycles. The molecule has 1 aromatic heterocycles. The van der Waals surface area contributed by atoms with Crippen LogP contribution < -0.4 is 4.65 Å².